The maximum absolute atomic E-state index is 12.8. The van der Waals surface area contributed by atoms with Gasteiger partial charge in [-0.05, 0) is 38.3 Å². The molecule has 0 saturated carbocycles. The van der Waals surface area contributed by atoms with Gasteiger partial charge in [0.25, 0.3) is 5.56 Å². The predicted octanol–water partition coefficient (Wildman–Crippen LogP) is 2.46. The SMILES string of the molecule is COc1cc2ncn(CCCC(=O)NCC(C)Cn3nc(C)cc3C)c(=O)c2cc1OC. The van der Waals surface area contributed by atoms with Gasteiger partial charge in [0.15, 0.2) is 11.5 Å². The van der Waals surface area contributed by atoms with E-state index in [1.54, 1.807) is 12.1 Å². The fourth-order valence-electron chi connectivity index (χ4n) is 3.65. The van der Waals surface area contributed by atoms with Crippen LogP contribution in [-0.2, 0) is 17.9 Å². The number of aromatic nitrogens is 4. The maximum Gasteiger partial charge on any atom is 0.261 e. The summed E-state index contributed by atoms with van der Waals surface area (Å²) in [5, 5.41) is 7.89. The van der Waals surface area contributed by atoms with Gasteiger partial charge in [-0.2, -0.15) is 5.10 Å². The highest BCUT2D eigenvalue weighted by molar-refractivity contribution is 5.81. The molecule has 1 aromatic carbocycles. The number of fused-ring (bicyclic) bond motifs is 1. The topological polar surface area (TPSA) is 100 Å². The molecule has 0 radical (unpaired) electrons. The summed E-state index contributed by atoms with van der Waals surface area (Å²) in [5.41, 5.74) is 2.48. The molecule has 1 atom stereocenters. The molecule has 172 valence electrons. The summed E-state index contributed by atoms with van der Waals surface area (Å²) in [6.07, 6.45) is 2.38. The fourth-order valence-corrected chi connectivity index (χ4v) is 3.65. The van der Waals surface area contributed by atoms with Crippen molar-refractivity contribution in [1.29, 1.82) is 0 Å². The van der Waals surface area contributed by atoms with Crippen molar-refractivity contribution in [3.63, 3.8) is 0 Å². The van der Waals surface area contributed by atoms with Gasteiger partial charge in [0, 0.05) is 37.8 Å². The van der Waals surface area contributed by atoms with E-state index in [1.165, 1.54) is 25.1 Å². The van der Waals surface area contributed by atoms with E-state index in [0.29, 0.717) is 48.3 Å². The molecule has 1 unspecified atom stereocenters. The molecule has 2 heterocycles. The summed E-state index contributed by atoms with van der Waals surface area (Å²) in [7, 11) is 3.06. The first-order valence-electron chi connectivity index (χ1n) is 10.7. The number of carbonyl (C=O) groups is 1. The van der Waals surface area contributed by atoms with Crippen molar-refractivity contribution in [2.45, 2.75) is 46.7 Å². The number of methoxy groups -OCH3 is 2. The smallest absolute Gasteiger partial charge is 0.261 e. The lowest BCUT2D eigenvalue weighted by Gasteiger charge is -2.14. The van der Waals surface area contributed by atoms with E-state index in [9.17, 15) is 9.59 Å². The van der Waals surface area contributed by atoms with Crippen molar-refractivity contribution in [3.05, 3.63) is 46.3 Å². The van der Waals surface area contributed by atoms with Gasteiger partial charge in [0.2, 0.25) is 5.91 Å². The first kappa shape index (κ1) is 23.3. The average Bonchev–Trinajstić information content (AvgIpc) is 3.09. The molecule has 0 saturated heterocycles. The molecule has 9 nitrogen and oxygen atoms in total. The molecule has 0 spiro atoms. The van der Waals surface area contributed by atoms with Crippen LogP contribution in [0.1, 0.15) is 31.2 Å². The van der Waals surface area contributed by atoms with E-state index < -0.39 is 0 Å². The van der Waals surface area contributed by atoms with Crippen LogP contribution in [0.5, 0.6) is 11.5 Å². The second-order valence-corrected chi connectivity index (χ2v) is 8.09. The number of nitrogens with zero attached hydrogens (tertiary/aromatic N) is 4. The van der Waals surface area contributed by atoms with Gasteiger partial charge in [-0.15, -0.1) is 0 Å². The Morgan fingerprint density at radius 2 is 1.88 bits per heavy atom. The quantitative estimate of drug-likeness (QED) is 0.519. The van der Waals surface area contributed by atoms with Crippen LogP contribution < -0.4 is 20.3 Å². The zero-order chi connectivity index (χ0) is 23.3. The zero-order valence-corrected chi connectivity index (χ0v) is 19.3. The first-order chi connectivity index (χ1) is 15.3. The van der Waals surface area contributed by atoms with Gasteiger partial charge < -0.3 is 14.8 Å². The number of amides is 1. The molecular formula is C23H31N5O4. The minimum Gasteiger partial charge on any atom is -0.493 e. The standard InChI is InChI=1S/C23H31N5O4/c1-15(13-28-17(3)9-16(2)26-28)12-24-22(29)7-6-8-27-14-25-19-11-21(32-5)20(31-4)10-18(19)23(27)30/h9-11,14-15H,6-8,12-13H2,1-5H3,(H,24,29). The molecule has 1 N–H and O–H groups in total. The van der Waals surface area contributed by atoms with Crippen molar-refractivity contribution in [3.8, 4) is 11.5 Å². The van der Waals surface area contributed by atoms with Gasteiger partial charge in [-0.3, -0.25) is 18.8 Å². The molecule has 3 aromatic rings. The molecule has 0 aliphatic heterocycles. The number of carbonyl (C=O) groups excluding carboxylic acids is 1. The van der Waals surface area contributed by atoms with E-state index in [0.717, 1.165) is 17.9 Å². The number of rotatable bonds is 10. The van der Waals surface area contributed by atoms with Crippen molar-refractivity contribution < 1.29 is 14.3 Å². The first-order valence-corrected chi connectivity index (χ1v) is 10.7. The fraction of sp³-hybridized carbons (Fsp3) is 0.478. The molecular weight excluding hydrogens is 410 g/mol. The third-order valence-electron chi connectivity index (χ3n) is 5.37. The van der Waals surface area contributed by atoms with Crippen molar-refractivity contribution in [1.82, 2.24) is 24.6 Å². The summed E-state index contributed by atoms with van der Waals surface area (Å²) in [4.78, 5) is 29.4. The van der Waals surface area contributed by atoms with E-state index in [2.05, 4.69) is 22.3 Å². The number of ether oxygens (including phenoxy) is 2. The summed E-state index contributed by atoms with van der Waals surface area (Å²) >= 11 is 0. The number of hydrogen-bond donors (Lipinski definition) is 1. The highest BCUT2D eigenvalue weighted by atomic mass is 16.5. The van der Waals surface area contributed by atoms with Crippen LogP contribution in [0, 0.1) is 19.8 Å². The van der Waals surface area contributed by atoms with Crippen LogP contribution in [0.2, 0.25) is 0 Å². The molecule has 1 amide bonds. The lowest BCUT2D eigenvalue weighted by molar-refractivity contribution is -0.121. The van der Waals surface area contributed by atoms with Crippen LogP contribution in [0.25, 0.3) is 10.9 Å². The van der Waals surface area contributed by atoms with Gasteiger partial charge in [-0.1, -0.05) is 6.92 Å². The van der Waals surface area contributed by atoms with Gasteiger partial charge in [0.1, 0.15) is 0 Å². The Bertz CT molecular complexity index is 1150. The Morgan fingerprint density at radius 1 is 1.16 bits per heavy atom. The highest BCUT2D eigenvalue weighted by Crippen LogP contribution is 2.29. The number of aryl methyl sites for hydroxylation is 3. The van der Waals surface area contributed by atoms with Crippen LogP contribution in [0.15, 0.2) is 29.3 Å². The molecule has 9 heteroatoms. The van der Waals surface area contributed by atoms with E-state index in [-0.39, 0.29) is 17.4 Å². The van der Waals surface area contributed by atoms with Gasteiger partial charge in [0.05, 0.1) is 37.1 Å². The molecule has 0 bridgehead atoms. The average molecular weight is 442 g/mol. The Morgan fingerprint density at radius 3 is 2.53 bits per heavy atom. The molecule has 2 aromatic heterocycles. The maximum atomic E-state index is 12.8. The summed E-state index contributed by atoms with van der Waals surface area (Å²) in [5.74, 6) is 1.23. The number of hydrogen-bond acceptors (Lipinski definition) is 6. The highest BCUT2D eigenvalue weighted by Gasteiger charge is 2.12. The monoisotopic (exact) mass is 441 g/mol. The van der Waals surface area contributed by atoms with Crippen molar-refractivity contribution in [2.75, 3.05) is 20.8 Å². The Kier molecular flexibility index (Phi) is 7.50. The lowest BCUT2D eigenvalue weighted by atomic mass is 10.1. The minimum absolute atomic E-state index is 0.0292. The van der Waals surface area contributed by atoms with Crippen LogP contribution >= 0.6 is 0 Å². The summed E-state index contributed by atoms with van der Waals surface area (Å²) in [6, 6.07) is 5.36. The predicted molar refractivity (Wildman–Crippen MR) is 122 cm³/mol. The van der Waals surface area contributed by atoms with Gasteiger partial charge >= 0.3 is 0 Å². The zero-order valence-electron chi connectivity index (χ0n) is 19.3. The molecule has 0 fully saturated rings. The molecule has 32 heavy (non-hydrogen) atoms. The van der Waals surface area contributed by atoms with Crippen molar-refractivity contribution in [2.24, 2.45) is 5.92 Å². The third kappa shape index (κ3) is 5.46. The van der Waals surface area contributed by atoms with Gasteiger partial charge in [-0.25, -0.2) is 4.98 Å². The lowest BCUT2D eigenvalue weighted by Crippen LogP contribution is -2.30. The minimum atomic E-state index is -0.171. The summed E-state index contributed by atoms with van der Waals surface area (Å²) < 4.78 is 14.0. The molecule has 3 rings (SSSR count). The van der Waals surface area contributed by atoms with E-state index >= 15 is 0 Å². The van der Waals surface area contributed by atoms with Crippen molar-refractivity contribution >= 4 is 16.8 Å². The Hall–Kier alpha value is -3.36. The van der Waals surface area contributed by atoms with E-state index in [4.69, 9.17) is 9.47 Å². The van der Waals surface area contributed by atoms with Crippen LogP contribution in [0.3, 0.4) is 0 Å². The van der Waals surface area contributed by atoms with Crippen LogP contribution in [0.4, 0.5) is 0 Å². The Balaban J connectivity index is 1.52. The Labute approximate surface area is 187 Å². The second kappa shape index (κ2) is 10.3. The second-order valence-electron chi connectivity index (χ2n) is 8.09. The normalized spacial score (nSPS) is 12.0. The number of benzene rings is 1. The van der Waals surface area contributed by atoms with E-state index in [1.807, 2.05) is 24.6 Å². The molecule has 0 aliphatic carbocycles. The molecule has 0 aliphatic rings. The number of nitrogens with one attached hydrogen (secondary N) is 1. The van der Waals surface area contributed by atoms with Crippen LogP contribution in [-0.4, -0.2) is 46.0 Å². The summed E-state index contributed by atoms with van der Waals surface area (Å²) in [6.45, 7) is 7.83. The third-order valence-corrected chi connectivity index (χ3v) is 5.37. The largest absolute Gasteiger partial charge is 0.493 e.